The molecule has 0 aromatic carbocycles. The molecule has 0 spiro atoms. The molecule has 1 amide bonds. The second kappa shape index (κ2) is 6.91. The average molecular weight is 283 g/mol. The number of carbonyl (C=O) groups is 1. The number of hydrogen-bond donors (Lipinski definition) is 1. The first kappa shape index (κ1) is 17.1. The van der Waals surface area contributed by atoms with Crippen LogP contribution in [0.1, 0.15) is 20.8 Å². The predicted molar refractivity (Wildman–Crippen MR) is 65.8 cm³/mol. The highest BCUT2D eigenvalue weighted by molar-refractivity contribution is 7.85. The van der Waals surface area contributed by atoms with Gasteiger partial charge in [-0.25, -0.2) is 4.79 Å². The minimum absolute atomic E-state index is 0.0981. The Morgan fingerprint density at radius 1 is 1.33 bits per heavy atom. The maximum absolute atomic E-state index is 11.3. The average Bonchev–Trinajstić information content (AvgIpc) is 2.13. The van der Waals surface area contributed by atoms with E-state index in [9.17, 15) is 13.2 Å². The summed E-state index contributed by atoms with van der Waals surface area (Å²) in [4.78, 5) is 11.3. The highest BCUT2D eigenvalue weighted by atomic mass is 32.2. The van der Waals surface area contributed by atoms with Gasteiger partial charge in [0.25, 0.3) is 10.1 Å². The normalized spacial score (nSPS) is 14.1. The van der Waals surface area contributed by atoms with Crippen molar-refractivity contribution in [1.82, 2.24) is 5.32 Å². The van der Waals surface area contributed by atoms with E-state index in [0.717, 1.165) is 6.26 Å². The van der Waals surface area contributed by atoms with Gasteiger partial charge in [0.1, 0.15) is 5.60 Å². The molecular formula is C10H21NO6S. The first-order valence-electron chi connectivity index (χ1n) is 5.37. The van der Waals surface area contributed by atoms with Crippen LogP contribution >= 0.6 is 0 Å². The molecule has 18 heavy (non-hydrogen) atoms. The number of ether oxygens (including phenoxy) is 2. The molecule has 0 saturated heterocycles. The van der Waals surface area contributed by atoms with Crippen LogP contribution in [0, 0.1) is 0 Å². The van der Waals surface area contributed by atoms with Crippen LogP contribution in [0.3, 0.4) is 0 Å². The molecule has 0 saturated carbocycles. The van der Waals surface area contributed by atoms with Gasteiger partial charge in [-0.05, 0) is 20.8 Å². The van der Waals surface area contributed by atoms with E-state index in [1.165, 1.54) is 7.11 Å². The minimum Gasteiger partial charge on any atom is -0.444 e. The zero-order valence-corrected chi connectivity index (χ0v) is 12.2. The summed E-state index contributed by atoms with van der Waals surface area (Å²) in [6, 6.07) is 0. The molecule has 0 bridgehead atoms. The van der Waals surface area contributed by atoms with Crippen LogP contribution < -0.4 is 5.32 Å². The summed E-state index contributed by atoms with van der Waals surface area (Å²) in [5.41, 5.74) is -0.587. The molecule has 0 fully saturated rings. The van der Waals surface area contributed by atoms with Gasteiger partial charge in [0.05, 0.1) is 19.0 Å². The number of carbonyl (C=O) groups excluding carboxylic acids is 1. The topological polar surface area (TPSA) is 90.9 Å². The standard InChI is InChI=1S/C10H21NO6S/c1-10(2,3)17-9(12)11-6-8(15-4)7-16-18(5,13)14/h8H,6-7H2,1-5H3,(H,11,12). The molecule has 8 heteroatoms. The van der Waals surface area contributed by atoms with Crippen molar-refractivity contribution in [3.8, 4) is 0 Å². The summed E-state index contributed by atoms with van der Waals surface area (Å²) in [5, 5.41) is 2.47. The van der Waals surface area contributed by atoms with E-state index in [0.29, 0.717) is 0 Å². The Balaban J connectivity index is 4.04. The van der Waals surface area contributed by atoms with Crippen LogP contribution in [0.15, 0.2) is 0 Å². The van der Waals surface area contributed by atoms with Crippen molar-refractivity contribution in [1.29, 1.82) is 0 Å². The SMILES string of the molecule is COC(CNC(=O)OC(C)(C)C)COS(C)(=O)=O. The molecule has 0 aliphatic carbocycles. The number of alkyl carbamates (subject to hydrolysis) is 1. The Morgan fingerprint density at radius 2 is 1.89 bits per heavy atom. The monoisotopic (exact) mass is 283 g/mol. The summed E-state index contributed by atoms with van der Waals surface area (Å²) in [5.74, 6) is 0. The molecule has 1 atom stereocenters. The van der Waals surface area contributed by atoms with Gasteiger partial charge in [0.2, 0.25) is 0 Å². The van der Waals surface area contributed by atoms with Gasteiger partial charge in [-0.1, -0.05) is 0 Å². The van der Waals surface area contributed by atoms with Gasteiger partial charge in [-0.15, -0.1) is 0 Å². The molecule has 0 aromatic rings. The second-order valence-corrected chi connectivity index (χ2v) is 6.37. The highest BCUT2D eigenvalue weighted by Crippen LogP contribution is 2.06. The van der Waals surface area contributed by atoms with Crippen LogP contribution in [0.5, 0.6) is 0 Å². The van der Waals surface area contributed by atoms with Crippen molar-refractivity contribution in [2.24, 2.45) is 0 Å². The molecule has 0 aliphatic heterocycles. The lowest BCUT2D eigenvalue weighted by Crippen LogP contribution is -2.39. The van der Waals surface area contributed by atoms with Crippen LogP contribution in [-0.4, -0.2) is 52.7 Å². The lowest BCUT2D eigenvalue weighted by Gasteiger charge is -2.21. The molecular weight excluding hydrogens is 262 g/mol. The van der Waals surface area contributed by atoms with Gasteiger partial charge in [0, 0.05) is 13.7 Å². The van der Waals surface area contributed by atoms with Gasteiger partial charge in [0.15, 0.2) is 0 Å². The maximum Gasteiger partial charge on any atom is 0.407 e. The van der Waals surface area contributed by atoms with E-state index in [-0.39, 0.29) is 13.2 Å². The third-order valence-electron chi connectivity index (χ3n) is 1.67. The van der Waals surface area contributed by atoms with E-state index in [4.69, 9.17) is 9.47 Å². The molecule has 7 nitrogen and oxygen atoms in total. The van der Waals surface area contributed by atoms with Crippen LogP contribution in [0.4, 0.5) is 4.79 Å². The van der Waals surface area contributed by atoms with Gasteiger partial charge in [-0.3, -0.25) is 4.18 Å². The van der Waals surface area contributed by atoms with Crippen molar-refractivity contribution >= 4 is 16.2 Å². The van der Waals surface area contributed by atoms with E-state index >= 15 is 0 Å². The third kappa shape index (κ3) is 10.3. The lowest BCUT2D eigenvalue weighted by molar-refractivity contribution is 0.0377. The largest absolute Gasteiger partial charge is 0.444 e. The fourth-order valence-electron chi connectivity index (χ4n) is 0.921. The van der Waals surface area contributed by atoms with Crippen molar-refractivity contribution < 1.29 is 26.9 Å². The lowest BCUT2D eigenvalue weighted by atomic mass is 10.2. The molecule has 0 heterocycles. The summed E-state index contributed by atoms with van der Waals surface area (Å²) >= 11 is 0. The van der Waals surface area contributed by atoms with Crippen molar-refractivity contribution in [3.63, 3.8) is 0 Å². The number of nitrogens with one attached hydrogen (secondary N) is 1. The molecule has 1 unspecified atom stereocenters. The number of rotatable bonds is 6. The molecule has 0 aromatic heterocycles. The quantitative estimate of drug-likeness (QED) is 0.714. The number of methoxy groups -OCH3 is 1. The molecule has 0 rings (SSSR count). The fourth-order valence-corrected chi connectivity index (χ4v) is 1.32. The van der Waals surface area contributed by atoms with Crippen LogP contribution in [0.2, 0.25) is 0 Å². The first-order valence-corrected chi connectivity index (χ1v) is 7.19. The zero-order chi connectivity index (χ0) is 14.4. The Morgan fingerprint density at radius 3 is 2.28 bits per heavy atom. The first-order chi connectivity index (χ1) is 8.03. The Hall–Kier alpha value is -0.860. The molecule has 1 N–H and O–H groups in total. The second-order valence-electron chi connectivity index (χ2n) is 4.73. The molecule has 0 radical (unpaired) electrons. The maximum atomic E-state index is 11.3. The van der Waals surface area contributed by atoms with Gasteiger partial charge < -0.3 is 14.8 Å². The fraction of sp³-hybridized carbons (Fsp3) is 0.900. The Labute approximate surface area is 108 Å². The summed E-state index contributed by atoms with van der Waals surface area (Å²) < 4.78 is 36.1. The zero-order valence-electron chi connectivity index (χ0n) is 11.3. The smallest absolute Gasteiger partial charge is 0.407 e. The Bertz CT molecular complexity index is 359. The minimum atomic E-state index is -3.52. The third-order valence-corrected chi connectivity index (χ3v) is 2.24. The number of hydrogen-bond acceptors (Lipinski definition) is 6. The van der Waals surface area contributed by atoms with E-state index < -0.39 is 27.9 Å². The summed E-state index contributed by atoms with van der Waals surface area (Å²) in [6.07, 6.45) is -0.211. The van der Waals surface area contributed by atoms with E-state index in [1.807, 2.05) is 0 Å². The van der Waals surface area contributed by atoms with Crippen LogP contribution in [-0.2, 0) is 23.8 Å². The van der Waals surface area contributed by atoms with E-state index in [1.54, 1.807) is 20.8 Å². The van der Waals surface area contributed by atoms with Crippen molar-refractivity contribution in [2.75, 3.05) is 26.5 Å². The van der Waals surface area contributed by atoms with Gasteiger partial charge in [-0.2, -0.15) is 8.42 Å². The highest BCUT2D eigenvalue weighted by Gasteiger charge is 2.18. The molecule has 108 valence electrons. The van der Waals surface area contributed by atoms with Crippen molar-refractivity contribution in [3.05, 3.63) is 0 Å². The molecule has 0 aliphatic rings. The number of amides is 1. The van der Waals surface area contributed by atoms with Gasteiger partial charge >= 0.3 is 6.09 Å². The Kier molecular flexibility index (Phi) is 6.58. The van der Waals surface area contributed by atoms with E-state index in [2.05, 4.69) is 9.50 Å². The predicted octanol–water partition coefficient (Wildman–Crippen LogP) is 0.502. The summed E-state index contributed by atoms with van der Waals surface area (Å²) in [6.45, 7) is 5.17. The van der Waals surface area contributed by atoms with Crippen LogP contribution in [0.25, 0.3) is 0 Å². The summed E-state index contributed by atoms with van der Waals surface area (Å²) in [7, 11) is -2.12. The van der Waals surface area contributed by atoms with Crippen molar-refractivity contribution in [2.45, 2.75) is 32.5 Å².